The van der Waals surface area contributed by atoms with Gasteiger partial charge in [0.05, 0.1) is 13.3 Å². The molecule has 0 aliphatic rings. The molecule has 1 aromatic carbocycles. The van der Waals surface area contributed by atoms with E-state index in [-0.39, 0.29) is 0 Å². The van der Waals surface area contributed by atoms with E-state index < -0.39 is 6.19 Å². The van der Waals surface area contributed by atoms with Gasteiger partial charge in [-0.2, -0.15) is 5.10 Å². The molecule has 0 aromatic heterocycles. The van der Waals surface area contributed by atoms with Crippen LogP contribution in [0.3, 0.4) is 0 Å². The maximum absolute atomic E-state index is 5.37. The standard InChI is InChI=1S/C11H17N2OPS/c1-13(15(3,4)16)12-9-10-5-7-11(14-2)8-6-10/h5-9H,1-4H3/b12-9+. The minimum atomic E-state index is -1.46. The second kappa shape index (κ2) is 5.46. The van der Waals surface area contributed by atoms with Crippen molar-refractivity contribution in [2.75, 3.05) is 27.5 Å². The van der Waals surface area contributed by atoms with Gasteiger partial charge in [0.1, 0.15) is 5.75 Å². The fourth-order valence-electron chi connectivity index (χ4n) is 0.965. The Balaban J connectivity index is 2.73. The van der Waals surface area contributed by atoms with E-state index in [0.717, 1.165) is 11.3 Å². The van der Waals surface area contributed by atoms with Crippen molar-refractivity contribution in [2.24, 2.45) is 5.10 Å². The molecule has 0 N–H and O–H groups in total. The molecule has 0 unspecified atom stereocenters. The Kier molecular flexibility index (Phi) is 4.51. The van der Waals surface area contributed by atoms with Crippen molar-refractivity contribution >= 4 is 24.2 Å². The smallest absolute Gasteiger partial charge is 0.118 e. The van der Waals surface area contributed by atoms with Crippen LogP contribution in [0.1, 0.15) is 5.56 Å². The first-order chi connectivity index (χ1) is 7.43. The van der Waals surface area contributed by atoms with Gasteiger partial charge in [-0.1, -0.05) is 11.8 Å². The molecule has 3 nitrogen and oxygen atoms in total. The first-order valence-electron chi connectivity index (χ1n) is 4.90. The van der Waals surface area contributed by atoms with Gasteiger partial charge < -0.3 is 4.74 Å². The second-order valence-electron chi connectivity index (χ2n) is 3.80. The van der Waals surface area contributed by atoms with Gasteiger partial charge in [0.15, 0.2) is 0 Å². The lowest BCUT2D eigenvalue weighted by molar-refractivity contribution is 0.415. The number of rotatable bonds is 4. The summed E-state index contributed by atoms with van der Waals surface area (Å²) < 4.78 is 6.95. The topological polar surface area (TPSA) is 24.8 Å². The fraction of sp³-hybridized carbons (Fsp3) is 0.364. The third-order valence-corrected chi connectivity index (χ3v) is 4.39. The normalized spacial score (nSPS) is 11.8. The Morgan fingerprint density at radius 3 is 2.31 bits per heavy atom. The highest BCUT2D eigenvalue weighted by molar-refractivity contribution is 8.12. The molecule has 0 heterocycles. The van der Waals surface area contributed by atoms with Crippen LogP contribution in [0.4, 0.5) is 0 Å². The largest absolute Gasteiger partial charge is 0.497 e. The lowest BCUT2D eigenvalue weighted by Gasteiger charge is -2.21. The molecular weight excluding hydrogens is 239 g/mol. The molecule has 5 heteroatoms. The zero-order valence-corrected chi connectivity index (χ0v) is 11.8. The summed E-state index contributed by atoms with van der Waals surface area (Å²) in [6.45, 7) is 4.10. The maximum Gasteiger partial charge on any atom is 0.118 e. The molecule has 0 saturated heterocycles. The van der Waals surface area contributed by atoms with Crippen LogP contribution in [0.2, 0.25) is 0 Å². The minimum absolute atomic E-state index is 0.849. The molecule has 0 radical (unpaired) electrons. The Morgan fingerprint density at radius 1 is 1.31 bits per heavy atom. The van der Waals surface area contributed by atoms with E-state index in [1.54, 1.807) is 7.11 Å². The van der Waals surface area contributed by atoms with Gasteiger partial charge in [-0.25, -0.2) is 0 Å². The number of nitrogens with zero attached hydrogens (tertiary/aromatic N) is 2. The van der Waals surface area contributed by atoms with Crippen LogP contribution in [-0.4, -0.2) is 38.5 Å². The monoisotopic (exact) mass is 256 g/mol. The molecule has 1 rings (SSSR count). The first-order valence-corrected chi connectivity index (χ1v) is 8.55. The maximum atomic E-state index is 5.37. The molecule has 0 saturated carbocycles. The van der Waals surface area contributed by atoms with Crippen molar-refractivity contribution in [1.29, 1.82) is 0 Å². The highest BCUT2D eigenvalue weighted by atomic mass is 32.4. The highest BCUT2D eigenvalue weighted by Gasteiger charge is 2.05. The van der Waals surface area contributed by atoms with Crippen molar-refractivity contribution < 1.29 is 4.74 Å². The zero-order valence-electron chi connectivity index (χ0n) is 10.0. The van der Waals surface area contributed by atoms with Crippen LogP contribution in [0.5, 0.6) is 5.75 Å². The van der Waals surface area contributed by atoms with E-state index in [9.17, 15) is 0 Å². The molecule has 0 aliphatic carbocycles. The summed E-state index contributed by atoms with van der Waals surface area (Å²) >= 11 is 5.37. The average Bonchev–Trinajstić information content (AvgIpc) is 2.25. The van der Waals surface area contributed by atoms with Crippen molar-refractivity contribution in [3.63, 3.8) is 0 Å². The third-order valence-electron chi connectivity index (χ3n) is 2.19. The number of ether oxygens (including phenoxy) is 1. The summed E-state index contributed by atoms with van der Waals surface area (Å²) in [5.41, 5.74) is 1.04. The highest BCUT2D eigenvalue weighted by Crippen LogP contribution is 2.40. The van der Waals surface area contributed by atoms with Crippen LogP contribution < -0.4 is 4.74 Å². The van der Waals surface area contributed by atoms with Crippen molar-refractivity contribution in [1.82, 2.24) is 4.78 Å². The van der Waals surface area contributed by atoms with E-state index in [1.165, 1.54) is 0 Å². The first kappa shape index (κ1) is 13.2. The number of methoxy groups -OCH3 is 1. The molecular formula is C11H17N2OPS. The Labute approximate surface area is 102 Å². The lowest BCUT2D eigenvalue weighted by atomic mass is 10.2. The SMILES string of the molecule is COc1ccc(/C=N/N(C)P(C)(C)=S)cc1. The van der Waals surface area contributed by atoms with Gasteiger partial charge in [0.2, 0.25) is 0 Å². The van der Waals surface area contributed by atoms with Crippen molar-refractivity contribution in [2.45, 2.75) is 0 Å². The Hall–Kier alpha value is -0.860. The van der Waals surface area contributed by atoms with Crippen LogP contribution in [0, 0.1) is 0 Å². The molecule has 0 aliphatic heterocycles. The van der Waals surface area contributed by atoms with E-state index in [0.29, 0.717) is 0 Å². The van der Waals surface area contributed by atoms with Crippen LogP contribution >= 0.6 is 6.19 Å². The summed E-state index contributed by atoms with van der Waals surface area (Å²) in [6.07, 6.45) is 0.348. The number of hydrazone groups is 1. The predicted molar refractivity (Wildman–Crippen MR) is 74.5 cm³/mol. The van der Waals surface area contributed by atoms with E-state index in [4.69, 9.17) is 16.5 Å². The molecule has 0 bridgehead atoms. The van der Waals surface area contributed by atoms with Crippen LogP contribution in [0.15, 0.2) is 29.4 Å². The summed E-state index contributed by atoms with van der Waals surface area (Å²) in [4.78, 5) is 0. The van der Waals surface area contributed by atoms with E-state index >= 15 is 0 Å². The number of hydrogen-bond acceptors (Lipinski definition) is 3. The quantitative estimate of drug-likeness (QED) is 0.470. The number of benzene rings is 1. The van der Waals surface area contributed by atoms with Gasteiger partial charge in [-0.3, -0.25) is 4.78 Å². The molecule has 16 heavy (non-hydrogen) atoms. The van der Waals surface area contributed by atoms with Gasteiger partial charge in [0, 0.05) is 13.2 Å². The molecule has 0 atom stereocenters. The zero-order chi connectivity index (χ0) is 12.2. The Bertz CT molecular complexity index is 410. The summed E-state index contributed by atoms with van der Waals surface area (Å²) in [5, 5.41) is 4.33. The molecule has 0 spiro atoms. The molecule has 88 valence electrons. The van der Waals surface area contributed by atoms with Gasteiger partial charge in [-0.05, 0) is 43.2 Å². The summed E-state index contributed by atoms with van der Waals surface area (Å²) in [7, 11) is 3.57. The molecule has 1 aromatic rings. The Morgan fingerprint density at radius 2 is 1.88 bits per heavy atom. The van der Waals surface area contributed by atoms with E-state index in [2.05, 4.69) is 5.10 Å². The lowest BCUT2D eigenvalue weighted by Crippen LogP contribution is -2.05. The van der Waals surface area contributed by atoms with Gasteiger partial charge in [-0.15, -0.1) is 0 Å². The summed E-state index contributed by atoms with van der Waals surface area (Å²) in [6, 6.07) is 7.75. The molecule has 0 amide bonds. The summed E-state index contributed by atoms with van der Waals surface area (Å²) in [5.74, 6) is 0.849. The average molecular weight is 256 g/mol. The fourth-order valence-corrected chi connectivity index (χ4v) is 1.39. The van der Waals surface area contributed by atoms with Gasteiger partial charge >= 0.3 is 0 Å². The van der Waals surface area contributed by atoms with Crippen molar-refractivity contribution in [3.05, 3.63) is 29.8 Å². The minimum Gasteiger partial charge on any atom is -0.497 e. The van der Waals surface area contributed by atoms with Crippen molar-refractivity contribution in [3.8, 4) is 5.75 Å². The molecule has 0 fully saturated rings. The van der Waals surface area contributed by atoms with Gasteiger partial charge in [0.25, 0.3) is 0 Å². The number of hydrogen-bond donors (Lipinski definition) is 0. The third kappa shape index (κ3) is 3.95. The second-order valence-corrected chi connectivity index (χ2v) is 9.65. The van der Waals surface area contributed by atoms with E-state index in [1.807, 2.05) is 55.6 Å². The predicted octanol–water partition coefficient (Wildman–Crippen LogP) is 2.62. The van der Waals surface area contributed by atoms with Crippen LogP contribution in [0.25, 0.3) is 0 Å². The van der Waals surface area contributed by atoms with Crippen LogP contribution in [-0.2, 0) is 11.8 Å².